The molecule has 8 heteroatoms. The minimum atomic E-state index is -0.404. The molecule has 0 unspecified atom stereocenters. The van der Waals surface area contributed by atoms with Crippen molar-refractivity contribution >= 4 is 28.2 Å². The van der Waals surface area contributed by atoms with Crippen LogP contribution in [-0.2, 0) is 0 Å². The number of anilines is 1. The van der Waals surface area contributed by atoms with Gasteiger partial charge in [-0.25, -0.2) is 4.98 Å². The fourth-order valence-corrected chi connectivity index (χ4v) is 3.46. The number of aryl methyl sites for hydroxylation is 1. The molecule has 1 aliphatic rings. The van der Waals surface area contributed by atoms with Crippen LogP contribution in [0.25, 0.3) is 10.9 Å². The Kier molecular flexibility index (Phi) is 4.23. The monoisotopic (exact) mass is 366 g/mol. The number of non-ortho nitro benzene ring substituents is 1. The van der Waals surface area contributed by atoms with Crippen LogP contribution in [0.4, 0.5) is 11.4 Å². The van der Waals surface area contributed by atoms with E-state index >= 15 is 0 Å². The third kappa shape index (κ3) is 3.10. The second-order valence-electron chi connectivity index (χ2n) is 6.47. The summed E-state index contributed by atoms with van der Waals surface area (Å²) >= 11 is 0. The molecule has 27 heavy (non-hydrogen) atoms. The summed E-state index contributed by atoms with van der Waals surface area (Å²) in [6.07, 6.45) is 1.49. The quantitative estimate of drug-likeness (QED) is 0.523. The first kappa shape index (κ1) is 17.0. The van der Waals surface area contributed by atoms with E-state index in [0.717, 1.165) is 16.8 Å². The molecular formula is C19H18N4O4. The van der Waals surface area contributed by atoms with Gasteiger partial charge >= 0.3 is 0 Å². The van der Waals surface area contributed by atoms with E-state index in [0.29, 0.717) is 37.5 Å². The van der Waals surface area contributed by atoms with E-state index in [1.54, 1.807) is 23.1 Å². The molecule has 0 bridgehead atoms. The van der Waals surface area contributed by atoms with Gasteiger partial charge in [-0.3, -0.25) is 14.9 Å². The molecule has 1 amide bonds. The molecule has 0 spiro atoms. The van der Waals surface area contributed by atoms with Crippen LogP contribution in [0.2, 0.25) is 0 Å². The van der Waals surface area contributed by atoms with E-state index in [4.69, 9.17) is 4.42 Å². The van der Waals surface area contributed by atoms with Gasteiger partial charge in [0.05, 0.1) is 11.2 Å². The zero-order valence-electron chi connectivity index (χ0n) is 14.8. The van der Waals surface area contributed by atoms with Gasteiger partial charge in [0, 0.05) is 49.0 Å². The van der Waals surface area contributed by atoms with Crippen molar-refractivity contribution in [3.8, 4) is 0 Å². The predicted molar refractivity (Wildman–Crippen MR) is 100.0 cm³/mol. The second kappa shape index (κ2) is 6.71. The zero-order chi connectivity index (χ0) is 19.0. The molecule has 1 aliphatic heterocycles. The Bertz CT molecular complexity index is 1010. The van der Waals surface area contributed by atoms with Gasteiger partial charge in [0.15, 0.2) is 11.3 Å². The highest BCUT2D eigenvalue weighted by molar-refractivity contribution is 5.97. The van der Waals surface area contributed by atoms with Crippen LogP contribution in [0.15, 0.2) is 47.1 Å². The maximum atomic E-state index is 12.4. The van der Waals surface area contributed by atoms with Crippen molar-refractivity contribution in [2.45, 2.75) is 6.92 Å². The first-order valence-corrected chi connectivity index (χ1v) is 8.67. The first-order valence-electron chi connectivity index (χ1n) is 8.67. The van der Waals surface area contributed by atoms with Crippen LogP contribution in [0.3, 0.4) is 0 Å². The van der Waals surface area contributed by atoms with Gasteiger partial charge < -0.3 is 14.2 Å². The molecule has 1 saturated heterocycles. The predicted octanol–water partition coefficient (Wildman–Crippen LogP) is 3.01. The number of benzene rings is 1. The number of carbonyl (C=O) groups is 1. The fraction of sp³-hybridized carbons (Fsp3) is 0.263. The highest BCUT2D eigenvalue weighted by Crippen LogP contribution is 2.32. The Balaban J connectivity index is 1.62. The first-order chi connectivity index (χ1) is 13.0. The molecule has 0 saturated carbocycles. The molecule has 8 nitrogen and oxygen atoms in total. The van der Waals surface area contributed by atoms with E-state index < -0.39 is 4.92 Å². The van der Waals surface area contributed by atoms with Crippen molar-refractivity contribution in [2.75, 3.05) is 31.1 Å². The molecule has 0 radical (unpaired) electrons. The van der Waals surface area contributed by atoms with E-state index in [2.05, 4.69) is 9.88 Å². The summed E-state index contributed by atoms with van der Waals surface area (Å²) in [4.78, 5) is 31.6. The van der Waals surface area contributed by atoms with Crippen molar-refractivity contribution in [2.24, 2.45) is 0 Å². The van der Waals surface area contributed by atoms with Crippen molar-refractivity contribution in [1.82, 2.24) is 9.88 Å². The summed E-state index contributed by atoms with van der Waals surface area (Å²) in [7, 11) is 0. The molecule has 0 aliphatic carbocycles. The minimum Gasteiger partial charge on any atom is -0.459 e. The maximum absolute atomic E-state index is 12.4. The third-order valence-corrected chi connectivity index (χ3v) is 4.76. The van der Waals surface area contributed by atoms with Crippen molar-refractivity contribution in [1.29, 1.82) is 0 Å². The second-order valence-corrected chi connectivity index (χ2v) is 6.47. The van der Waals surface area contributed by atoms with E-state index in [-0.39, 0.29) is 11.6 Å². The number of rotatable bonds is 3. The molecule has 0 atom stereocenters. The topological polar surface area (TPSA) is 92.7 Å². The maximum Gasteiger partial charge on any atom is 0.295 e. The highest BCUT2D eigenvalue weighted by atomic mass is 16.6. The minimum absolute atomic E-state index is 0.00378. The third-order valence-electron chi connectivity index (χ3n) is 4.76. The lowest BCUT2D eigenvalue weighted by Gasteiger charge is -2.36. The Morgan fingerprint density at radius 3 is 2.63 bits per heavy atom. The van der Waals surface area contributed by atoms with E-state index in [1.165, 1.54) is 12.3 Å². The van der Waals surface area contributed by atoms with Gasteiger partial charge in [0.2, 0.25) is 0 Å². The number of carbonyl (C=O) groups excluding carboxylic acids is 1. The molecule has 1 aromatic carbocycles. The Labute approximate surface area is 155 Å². The van der Waals surface area contributed by atoms with Gasteiger partial charge in [0.25, 0.3) is 11.6 Å². The van der Waals surface area contributed by atoms with Gasteiger partial charge in [0.1, 0.15) is 0 Å². The molecule has 3 heterocycles. The summed E-state index contributed by atoms with van der Waals surface area (Å²) in [6, 6.07) is 10.3. The molecule has 0 N–H and O–H groups in total. The zero-order valence-corrected chi connectivity index (χ0v) is 14.8. The van der Waals surface area contributed by atoms with Crippen molar-refractivity contribution < 1.29 is 14.1 Å². The van der Waals surface area contributed by atoms with Gasteiger partial charge in [-0.1, -0.05) is 12.1 Å². The Morgan fingerprint density at radius 2 is 1.96 bits per heavy atom. The molecule has 138 valence electrons. The highest BCUT2D eigenvalue weighted by Gasteiger charge is 2.26. The van der Waals surface area contributed by atoms with Gasteiger partial charge in [-0.05, 0) is 25.1 Å². The number of aromatic nitrogens is 1. The number of amides is 1. The van der Waals surface area contributed by atoms with Crippen molar-refractivity contribution in [3.05, 3.63) is 64.2 Å². The summed E-state index contributed by atoms with van der Waals surface area (Å²) in [5, 5.41) is 12.1. The Morgan fingerprint density at radius 1 is 1.19 bits per heavy atom. The number of hydrogen-bond acceptors (Lipinski definition) is 6. The number of pyridine rings is 1. The van der Waals surface area contributed by atoms with Gasteiger partial charge in [-0.2, -0.15) is 0 Å². The average Bonchev–Trinajstić information content (AvgIpc) is 3.21. The average molecular weight is 366 g/mol. The fourth-order valence-electron chi connectivity index (χ4n) is 3.46. The number of nitro benzene ring substituents is 1. The van der Waals surface area contributed by atoms with Crippen LogP contribution < -0.4 is 4.90 Å². The summed E-state index contributed by atoms with van der Waals surface area (Å²) in [6.45, 7) is 4.20. The SMILES string of the molecule is Cc1cc(N2CCN(C(=O)c3ccco3)CC2)c2cccc([N+](=O)[O-])c2n1. The molecule has 2 aromatic heterocycles. The number of piperazine rings is 1. The molecule has 3 aromatic rings. The number of nitrogens with zero attached hydrogens (tertiary/aromatic N) is 4. The smallest absolute Gasteiger partial charge is 0.295 e. The van der Waals surface area contributed by atoms with E-state index in [9.17, 15) is 14.9 Å². The van der Waals surface area contributed by atoms with E-state index in [1.807, 2.05) is 19.1 Å². The molecular weight excluding hydrogens is 348 g/mol. The largest absolute Gasteiger partial charge is 0.459 e. The summed E-state index contributed by atoms with van der Waals surface area (Å²) in [5.41, 5.74) is 2.03. The number of nitro groups is 1. The normalized spacial score (nSPS) is 14.6. The van der Waals surface area contributed by atoms with Gasteiger partial charge in [-0.15, -0.1) is 0 Å². The Hall–Kier alpha value is -3.42. The van der Waals surface area contributed by atoms with Crippen LogP contribution in [0.5, 0.6) is 0 Å². The number of furan rings is 1. The molecule has 4 rings (SSSR count). The lowest BCUT2D eigenvalue weighted by Crippen LogP contribution is -2.48. The standard InChI is InChI=1S/C19H18N4O4/c1-13-12-16(14-4-2-5-15(23(25)26)18(14)20-13)21-7-9-22(10-8-21)19(24)17-6-3-11-27-17/h2-6,11-12H,7-10H2,1H3. The number of fused-ring (bicyclic) bond motifs is 1. The number of hydrogen-bond donors (Lipinski definition) is 0. The summed E-state index contributed by atoms with van der Waals surface area (Å²) < 4.78 is 5.19. The van der Waals surface area contributed by atoms with Crippen LogP contribution in [-0.4, -0.2) is 46.9 Å². The van der Waals surface area contributed by atoms with Crippen molar-refractivity contribution in [3.63, 3.8) is 0 Å². The van der Waals surface area contributed by atoms with Crippen LogP contribution in [0, 0.1) is 17.0 Å². The lowest BCUT2D eigenvalue weighted by molar-refractivity contribution is -0.383. The van der Waals surface area contributed by atoms with Crippen LogP contribution >= 0.6 is 0 Å². The van der Waals surface area contributed by atoms with Crippen LogP contribution in [0.1, 0.15) is 16.2 Å². The summed E-state index contributed by atoms with van der Waals surface area (Å²) in [5.74, 6) is 0.218. The lowest BCUT2D eigenvalue weighted by atomic mass is 10.1. The molecule has 1 fully saturated rings. The number of para-hydroxylation sites is 1.